The molecule has 1 aliphatic heterocycles. The van der Waals surface area contributed by atoms with Gasteiger partial charge in [0.05, 0.1) is 0 Å². The summed E-state index contributed by atoms with van der Waals surface area (Å²) in [6, 6.07) is 21.9. The van der Waals surface area contributed by atoms with E-state index in [9.17, 15) is 0 Å². The Kier molecular flexibility index (Phi) is 3.88. The van der Waals surface area contributed by atoms with Crippen LogP contribution in [0.5, 0.6) is 0 Å². The Morgan fingerprint density at radius 3 is 2.25 bits per heavy atom. The Morgan fingerprint density at radius 2 is 1.65 bits per heavy atom. The van der Waals surface area contributed by atoms with Crippen molar-refractivity contribution in [2.75, 3.05) is 13.1 Å². The van der Waals surface area contributed by atoms with Crippen LogP contribution in [0.2, 0.25) is 0 Å². The topological polar surface area (TPSA) is 12.0 Å². The third kappa shape index (κ3) is 2.64. The molecule has 1 fully saturated rings. The van der Waals surface area contributed by atoms with Gasteiger partial charge in [-0.25, -0.2) is 0 Å². The fourth-order valence-corrected chi connectivity index (χ4v) is 3.52. The standard InChI is InChI=1S/C19H23N/c1-19(18-12-13-20-15-18,17-10-6-3-7-11-17)14-16-8-4-2-5-9-16/h2-11,18,20H,12-15H2,1H3. The second-order valence-corrected chi connectivity index (χ2v) is 6.14. The quantitative estimate of drug-likeness (QED) is 0.886. The van der Waals surface area contributed by atoms with Crippen LogP contribution in [-0.2, 0) is 11.8 Å². The highest BCUT2D eigenvalue weighted by Gasteiger charge is 2.37. The molecule has 1 N–H and O–H groups in total. The minimum absolute atomic E-state index is 0.214. The molecule has 20 heavy (non-hydrogen) atoms. The zero-order chi connectivity index (χ0) is 13.8. The second kappa shape index (κ2) is 5.80. The molecule has 0 saturated carbocycles. The Balaban J connectivity index is 1.95. The molecule has 3 rings (SSSR count). The van der Waals surface area contributed by atoms with Gasteiger partial charge in [0.25, 0.3) is 0 Å². The van der Waals surface area contributed by atoms with Crippen LogP contribution in [0.15, 0.2) is 60.7 Å². The van der Waals surface area contributed by atoms with Crippen molar-refractivity contribution >= 4 is 0 Å². The van der Waals surface area contributed by atoms with E-state index in [1.165, 1.54) is 17.5 Å². The van der Waals surface area contributed by atoms with Gasteiger partial charge >= 0.3 is 0 Å². The van der Waals surface area contributed by atoms with E-state index >= 15 is 0 Å². The average Bonchev–Trinajstić information content (AvgIpc) is 3.04. The number of rotatable bonds is 4. The van der Waals surface area contributed by atoms with E-state index in [-0.39, 0.29) is 5.41 Å². The first kappa shape index (κ1) is 13.4. The summed E-state index contributed by atoms with van der Waals surface area (Å²) in [5.74, 6) is 0.713. The van der Waals surface area contributed by atoms with E-state index in [0.717, 1.165) is 19.5 Å². The summed E-state index contributed by atoms with van der Waals surface area (Å²) in [4.78, 5) is 0. The molecule has 2 aromatic rings. The smallest absolute Gasteiger partial charge is 0.000584 e. The molecule has 0 aliphatic carbocycles. The van der Waals surface area contributed by atoms with E-state index in [4.69, 9.17) is 0 Å². The van der Waals surface area contributed by atoms with Gasteiger partial charge in [0.1, 0.15) is 0 Å². The van der Waals surface area contributed by atoms with Crippen molar-refractivity contribution in [3.63, 3.8) is 0 Å². The van der Waals surface area contributed by atoms with Crippen molar-refractivity contribution < 1.29 is 0 Å². The molecule has 0 amide bonds. The summed E-state index contributed by atoms with van der Waals surface area (Å²) in [5, 5.41) is 3.53. The molecule has 2 atom stereocenters. The molecule has 0 aromatic heterocycles. The third-order valence-corrected chi connectivity index (χ3v) is 4.81. The minimum atomic E-state index is 0.214. The monoisotopic (exact) mass is 265 g/mol. The summed E-state index contributed by atoms with van der Waals surface area (Å²) in [7, 11) is 0. The number of hydrogen-bond donors (Lipinski definition) is 1. The van der Waals surface area contributed by atoms with Crippen molar-refractivity contribution in [2.24, 2.45) is 5.92 Å². The zero-order valence-electron chi connectivity index (χ0n) is 12.2. The summed E-state index contributed by atoms with van der Waals surface area (Å²) in [6.07, 6.45) is 2.39. The van der Waals surface area contributed by atoms with Crippen molar-refractivity contribution in [1.29, 1.82) is 0 Å². The van der Waals surface area contributed by atoms with Crippen LogP contribution in [-0.4, -0.2) is 13.1 Å². The summed E-state index contributed by atoms with van der Waals surface area (Å²) in [6.45, 7) is 4.73. The number of nitrogens with one attached hydrogen (secondary N) is 1. The molecule has 2 unspecified atom stereocenters. The Morgan fingerprint density at radius 1 is 1.00 bits per heavy atom. The van der Waals surface area contributed by atoms with Crippen molar-refractivity contribution in [3.05, 3.63) is 71.8 Å². The van der Waals surface area contributed by atoms with Gasteiger partial charge < -0.3 is 5.32 Å². The maximum Gasteiger partial charge on any atom is 0.000584 e. The van der Waals surface area contributed by atoms with Crippen molar-refractivity contribution in [2.45, 2.75) is 25.2 Å². The van der Waals surface area contributed by atoms with Gasteiger partial charge in [-0.3, -0.25) is 0 Å². The second-order valence-electron chi connectivity index (χ2n) is 6.14. The lowest BCUT2D eigenvalue weighted by Gasteiger charge is -2.36. The predicted molar refractivity (Wildman–Crippen MR) is 84.9 cm³/mol. The van der Waals surface area contributed by atoms with Gasteiger partial charge in [0.15, 0.2) is 0 Å². The van der Waals surface area contributed by atoms with Gasteiger partial charge in [-0.15, -0.1) is 0 Å². The van der Waals surface area contributed by atoms with Crippen LogP contribution in [0.3, 0.4) is 0 Å². The lowest BCUT2D eigenvalue weighted by atomic mass is 9.68. The molecule has 1 heterocycles. The fourth-order valence-electron chi connectivity index (χ4n) is 3.52. The predicted octanol–water partition coefficient (Wildman–Crippen LogP) is 3.80. The Bertz CT molecular complexity index is 528. The van der Waals surface area contributed by atoms with Crippen LogP contribution < -0.4 is 5.32 Å². The lowest BCUT2D eigenvalue weighted by molar-refractivity contribution is 0.310. The number of hydrogen-bond acceptors (Lipinski definition) is 1. The van der Waals surface area contributed by atoms with Crippen molar-refractivity contribution in [3.8, 4) is 0 Å². The van der Waals surface area contributed by atoms with E-state index in [2.05, 4.69) is 72.9 Å². The van der Waals surface area contributed by atoms with Gasteiger partial charge in [-0.2, -0.15) is 0 Å². The van der Waals surface area contributed by atoms with Crippen LogP contribution in [0.25, 0.3) is 0 Å². The molecule has 0 bridgehead atoms. The minimum Gasteiger partial charge on any atom is -0.316 e. The zero-order valence-corrected chi connectivity index (χ0v) is 12.2. The van der Waals surface area contributed by atoms with E-state index in [0.29, 0.717) is 5.92 Å². The molecule has 2 aromatic carbocycles. The van der Waals surface area contributed by atoms with E-state index in [1.54, 1.807) is 0 Å². The molecular weight excluding hydrogens is 242 g/mol. The SMILES string of the molecule is CC(Cc1ccccc1)(c1ccccc1)C1CCNC1. The van der Waals surface area contributed by atoms with Gasteiger partial charge in [-0.05, 0) is 43.0 Å². The molecule has 1 aliphatic rings. The largest absolute Gasteiger partial charge is 0.316 e. The first-order chi connectivity index (χ1) is 9.79. The van der Waals surface area contributed by atoms with E-state index in [1.807, 2.05) is 0 Å². The van der Waals surface area contributed by atoms with Crippen LogP contribution in [0, 0.1) is 5.92 Å². The van der Waals surface area contributed by atoms with Gasteiger partial charge in [0.2, 0.25) is 0 Å². The van der Waals surface area contributed by atoms with Crippen molar-refractivity contribution in [1.82, 2.24) is 5.32 Å². The maximum atomic E-state index is 3.53. The summed E-state index contributed by atoms with van der Waals surface area (Å²) in [5.41, 5.74) is 3.12. The first-order valence-electron chi connectivity index (χ1n) is 7.59. The van der Waals surface area contributed by atoms with E-state index < -0.39 is 0 Å². The molecule has 0 spiro atoms. The van der Waals surface area contributed by atoms with Crippen LogP contribution in [0.1, 0.15) is 24.5 Å². The van der Waals surface area contributed by atoms with Crippen LogP contribution in [0.4, 0.5) is 0 Å². The van der Waals surface area contributed by atoms with Gasteiger partial charge in [-0.1, -0.05) is 67.6 Å². The molecule has 0 radical (unpaired) electrons. The molecule has 1 nitrogen and oxygen atoms in total. The number of benzene rings is 2. The fraction of sp³-hybridized carbons (Fsp3) is 0.368. The maximum absolute atomic E-state index is 3.53. The normalized spacial score (nSPS) is 21.6. The molecule has 1 heteroatoms. The van der Waals surface area contributed by atoms with Crippen LogP contribution >= 0.6 is 0 Å². The van der Waals surface area contributed by atoms with Gasteiger partial charge in [0, 0.05) is 5.41 Å². The highest BCUT2D eigenvalue weighted by Crippen LogP contribution is 2.38. The third-order valence-electron chi connectivity index (χ3n) is 4.81. The molecule has 104 valence electrons. The lowest BCUT2D eigenvalue weighted by Crippen LogP contribution is -2.35. The first-order valence-corrected chi connectivity index (χ1v) is 7.59. The Hall–Kier alpha value is -1.60. The average molecular weight is 265 g/mol. The summed E-state index contributed by atoms with van der Waals surface area (Å²) >= 11 is 0. The summed E-state index contributed by atoms with van der Waals surface area (Å²) < 4.78 is 0. The molecule has 1 saturated heterocycles. The highest BCUT2D eigenvalue weighted by atomic mass is 14.9. The Labute approximate surface area is 122 Å². The highest BCUT2D eigenvalue weighted by molar-refractivity contribution is 5.30. The molecular formula is C19H23N.